The fourth-order valence-corrected chi connectivity index (χ4v) is 8.30. The number of nitrogens with zero attached hydrogens (tertiary/aromatic N) is 2. The molecule has 8 heteroatoms. The van der Waals surface area contributed by atoms with Crippen LogP contribution in [0.4, 0.5) is 0 Å². The van der Waals surface area contributed by atoms with Crippen LogP contribution in [0.25, 0.3) is 0 Å². The first-order chi connectivity index (χ1) is 14.3. The van der Waals surface area contributed by atoms with Gasteiger partial charge in [0.1, 0.15) is 0 Å². The third kappa shape index (κ3) is 7.82. The second-order valence-electron chi connectivity index (χ2n) is 7.11. The number of rotatable bonds is 11. The summed E-state index contributed by atoms with van der Waals surface area (Å²) in [5.41, 5.74) is 2.43. The largest absolute Gasteiger partial charge is 0.316 e. The number of allylic oxidation sites excluding steroid dienone is 2. The Morgan fingerprint density at radius 2 is 1.97 bits per heavy atom. The van der Waals surface area contributed by atoms with Crippen LogP contribution in [0.1, 0.15) is 31.9 Å². The molecular weight excluding hydrogens is 437 g/mol. The van der Waals surface area contributed by atoms with Gasteiger partial charge in [0.05, 0.1) is 11.4 Å². The van der Waals surface area contributed by atoms with Crippen LogP contribution in [0, 0.1) is 0 Å². The Balaban J connectivity index is 1.57. The highest BCUT2D eigenvalue weighted by molar-refractivity contribution is 8.78. The summed E-state index contributed by atoms with van der Waals surface area (Å²) >= 11 is 4.07. The zero-order chi connectivity index (χ0) is 20.3. The predicted octanol–water partition coefficient (Wildman–Crippen LogP) is 4.88. The molecule has 1 aromatic heterocycles. The van der Waals surface area contributed by atoms with Crippen molar-refractivity contribution in [2.45, 2.75) is 47.3 Å². The highest BCUT2D eigenvalue weighted by Crippen LogP contribution is 2.40. The highest BCUT2D eigenvalue weighted by Gasteiger charge is 2.19. The average molecular weight is 469 g/mol. The molecule has 0 amide bonds. The van der Waals surface area contributed by atoms with Crippen LogP contribution in [0.3, 0.4) is 0 Å². The Labute approximate surface area is 192 Å². The molecule has 0 aliphatic carbocycles. The lowest BCUT2D eigenvalue weighted by molar-refractivity contribution is 0.858. The molecule has 3 heterocycles. The molecule has 3 rings (SSSR count). The number of aromatic nitrogens is 1. The lowest BCUT2D eigenvalue weighted by Gasteiger charge is -2.14. The van der Waals surface area contributed by atoms with E-state index in [-0.39, 0.29) is 0 Å². The van der Waals surface area contributed by atoms with Gasteiger partial charge >= 0.3 is 0 Å². The molecular formula is C21H32N4S4. The highest BCUT2D eigenvalue weighted by atomic mass is 33.1. The van der Waals surface area contributed by atoms with Crippen molar-refractivity contribution in [2.75, 3.05) is 39.0 Å². The molecule has 2 fully saturated rings. The smallest absolute Gasteiger partial charge is 0.0646 e. The van der Waals surface area contributed by atoms with Gasteiger partial charge in [-0.1, -0.05) is 34.6 Å². The molecule has 0 bridgehead atoms. The van der Waals surface area contributed by atoms with Crippen LogP contribution in [0.5, 0.6) is 0 Å². The lowest BCUT2D eigenvalue weighted by atomic mass is 10.3. The van der Waals surface area contributed by atoms with Crippen molar-refractivity contribution in [1.29, 1.82) is 0 Å². The Morgan fingerprint density at radius 3 is 2.62 bits per heavy atom. The maximum atomic E-state index is 4.68. The number of hydrogen-bond acceptors (Lipinski definition) is 8. The van der Waals surface area contributed by atoms with E-state index in [2.05, 4.69) is 45.7 Å². The lowest BCUT2D eigenvalue weighted by Crippen LogP contribution is -2.13. The van der Waals surface area contributed by atoms with Crippen molar-refractivity contribution in [3.63, 3.8) is 0 Å². The van der Waals surface area contributed by atoms with Crippen LogP contribution < -0.4 is 10.6 Å². The van der Waals surface area contributed by atoms with Gasteiger partial charge in [0.2, 0.25) is 0 Å². The molecule has 0 saturated carbocycles. The van der Waals surface area contributed by atoms with Gasteiger partial charge < -0.3 is 10.6 Å². The fourth-order valence-electron chi connectivity index (χ4n) is 3.26. The van der Waals surface area contributed by atoms with Gasteiger partial charge in [0.25, 0.3) is 0 Å². The SMILES string of the molecule is CC/C=C(/SSc1cccnc1CSC1CCNC1)C(CSC1CCNC1)=NC. The quantitative estimate of drug-likeness (QED) is 0.355. The zero-order valence-electron chi connectivity index (χ0n) is 17.4. The van der Waals surface area contributed by atoms with E-state index in [1.165, 1.54) is 34.0 Å². The van der Waals surface area contributed by atoms with Gasteiger partial charge in [-0.3, -0.25) is 9.98 Å². The van der Waals surface area contributed by atoms with Gasteiger partial charge in [-0.15, -0.1) is 0 Å². The first-order valence-corrected chi connectivity index (χ1v) is 14.6. The molecule has 2 aliphatic rings. The molecule has 4 nitrogen and oxygen atoms in total. The summed E-state index contributed by atoms with van der Waals surface area (Å²) in [6.45, 7) is 6.76. The number of pyridine rings is 1. The summed E-state index contributed by atoms with van der Waals surface area (Å²) < 4.78 is 0. The molecule has 0 radical (unpaired) electrons. The van der Waals surface area contributed by atoms with Gasteiger partial charge in [0, 0.05) is 58.1 Å². The minimum atomic E-state index is 0.721. The number of hydrogen-bond donors (Lipinski definition) is 2. The van der Waals surface area contributed by atoms with Crippen LogP contribution in [0.2, 0.25) is 0 Å². The van der Waals surface area contributed by atoms with Crippen molar-refractivity contribution in [2.24, 2.45) is 4.99 Å². The molecule has 29 heavy (non-hydrogen) atoms. The summed E-state index contributed by atoms with van der Waals surface area (Å²) in [7, 11) is 5.61. The Morgan fingerprint density at radius 1 is 1.21 bits per heavy atom. The summed E-state index contributed by atoms with van der Waals surface area (Å²) in [4.78, 5) is 11.9. The van der Waals surface area contributed by atoms with Gasteiger partial charge in [-0.25, -0.2) is 0 Å². The third-order valence-corrected chi connectivity index (χ3v) is 10.1. The van der Waals surface area contributed by atoms with Crippen LogP contribution in [0.15, 0.2) is 39.2 Å². The average Bonchev–Trinajstić information content (AvgIpc) is 3.45. The normalized spacial score (nSPS) is 23.1. The Kier molecular flexibility index (Phi) is 10.8. The maximum absolute atomic E-state index is 4.68. The second-order valence-corrected chi connectivity index (χ2v) is 11.9. The molecule has 1 aromatic rings. The minimum absolute atomic E-state index is 0.721. The van der Waals surface area contributed by atoms with Crippen molar-refractivity contribution < 1.29 is 0 Å². The maximum Gasteiger partial charge on any atom is 0.0646 e. The van der Waals surface area contributed by atoms with E-state index in [1.54, 1.807) is 0 Å². The molecule has 0 aromatic carbocycles. The van der Waals surface area contributed by atoms with Crippen LogP contribution >= 0.6 is 45.1 Å². The monoisotopic (exact) mass is 468 g/mol. The summed E-state index contributed by atoms with van der Waals surface area (Å²) in [5.74, 6) is 1.98. The Hall–Kier alpha value is -0.120. The minimum Gasteiger partial charge on any atom is -0.316 e. The third-order valence-electron chi connectivity index (χ3n) is 4.96. The van der Waals surface area contributed by atoms with Crippen molar-refractivity contribution in [3.8, 4) is 0 Å². The summed E-state index contributed by atoms with van der Waals surface area (Å²) in [6.07, 6.45) is 7.81. The molecule has 2 saturated heterocycles. The predicted molar refractivity (Wildman–Crippen MR) is 136 cm³/mol. The summed E-state index contributed by atoms with van der Waals surface area (Å²) in [5, 5.41) is 8.35. The van der Waals surface area contributed by atoms with E-state index < -0.39 is 0 Å². The van der Waals surface area contributed by atoms with E-state index in [0.29, 0.717) is 0 Å². The molecule has 2 aliphatic heterocycles. The molecule has 0 spiro atoms. The van der Waals surface area contributed by atoms with E-state index in [4.69, 9.17) is 0 Å². The standard InChI is InChI=1S/C21H32N4S4/c1-3-5-20(18(22-2)14-26-16-7-10-23-12-16)28-29-21-6-4-9-25-19(21)15-27-17-8-11-24-13-17/h4-6,9,16-17,23-24H,3,7-8,10-15H2,1-2H3/b20-5+,22-18?. The second kappa shape index (κ2) is 13.3. The molecule has 2 N–H and O–H groups in total. The fraction of sp³-hybridized carbons (Fsp3) is 0.619. The van der Waals surface area contributed by atoms with Gasteiger partial charge in [-0.2, -0.15) is 23.5 Å². The first kappa shape index (κ1) is 23.5. The first-order valence-electron chi connectivity index (χ1n) is 10.4. The van der Waals surface area contributed by atoms with E-state index in [1.807, 2.05) is 58.4 Å². The van der Waals surface area contributed by atoms with E-state index >= 15 is 0 Å². The Bertz CT molecular complexity index is 683. The molecule has 160 valence electrons. The number of aliphatic imine (C=N–C) groups is 1. The van der Waals surface area contributed by atoms with E-state index in [0.717, 1.165) is 54.6 Å². The number of thioether (sulfide) groups is 2. The zero-order valence-corrected chi connectivity index (χ0v) is 20.6. The topological polar surface area (TPSA) is 49.3 Å². The van der Waals surface area contributed by atoms with Crippen LogP contribution in [-0.2, 0) is 5.75 Å². The number of nitrogens with one attached hydrogen (secondary N) is 2. The summed E-state index contributed by atoms with van der Waals surface area (Å²) in [6, 6.07) is 4.26. The van der Waals surface area contributed by atoms with E-state index in [9.17, 15) is 0 Å². The van der Waals surface area contributed by atoms with Crippen molar-refractivity contribution in [1.82, 2.24) is 15.6 Å². The van der Waals surface area contributed by atoms with Crippen LogP contribution in [-0.4, -0.2) is 60.2 Å². The van der Waals surface area contributed by atoms with Gasteiger partial charge in [-0.05, 0) is 44.5 Å². The molecule has 2 unspecified atom stereocenters. The van der Waals surface area contributed by atoms with Gasteiger partial charge in [0.15, 0.2) is 0 Å². The van der Waals surface area contributed by atoms with Crippen molar-refractivity contribution >= 4 is 50.8 Å². The molecule has 2 atom stereocenters. The van der Waals surface area contributed by atoms with Crippen molar-refractivity contribution in [3.05, 3.63) is 35.0 Å².